The third-order valence-corrected chi connectivity index (χ3v) is 2.32. The quantitative estimate of drug-likeness (QED) is 0.755. The lowest BCUT2D eigenvalue weighted by Crippen LogP contribution is -1.83. The van der Waals surface area contributed by atoms with Crippen LogP contribution >= 0.6 is 0 Å². The first-order valence-corrected chi connectivity index (χ1v) is 6.34. The fourth-order valence-corrected chi connectivity index (χ4v) is 1.33. The Morgan fingerprint density at radius 3 is 2.00 bits per heavy atom. The van der Waals surface area contributed by atoms with E-state index < -0.39 is 0 Å². The van der Waals surface area contributed by atoms with Gasteiger partial charge in [-0.1, -0.05) is 39.8 Å². The van der Waals surface area contributed by atoms with Crippen molar-refractivity contribution < 1.29 is 0 Å². The van der Waals surface area contributed by atoms with Crippen LogP contribution in [-0.4, -0.2) is 10.2 Å². The third-order valence-electron chi connectivity index (χ3n) is 2.32. The number of hydrogen-bond donors (Lipinski definition) is 1. The maximum absolute atomic E-state index is 3.93. The standard InChI is InChI=1S/C11H12N2.2C2H6/c1-8-3-4-10(7-9(8)2)11-5-6-12-13-11;2*1-2/h3-7H,1-2H3,(H,12,13);2*1-2H3. The molecule has 0 fully saturated rings. The molecule has 1 aromatic heterocycles. The maximum atomic E-state index is 3.93. The molecule has 2 aromatic rings. The number of nitrogens with one attached hydrogen (secondary N) is 1. The van der Waals surface area contributed by atoms with Gasteiger partial charge in [0.25, 0.3) is 0 Å². The predicted molar refractivity (Wildman–Crippen MR) is 76.2 cm³/mol. The van der Waals surface area contributed by atoms with Crippen molar-refractivity contribution in [3.8, 4) is 11.3 Å². The molecule has 0 unspecified atom stereocenters. The van der Waals surface area contributed by atoms with E-state index in [1.54, 1.807) is 6.20 Å². The molecular formula is C15H24N2. The van der Waals surface area contributed by atoms with Crippen molar-refractivity contribution >= 4 is 0 Å². The summed E-state index contributed by atoms with van der Waals surface area (Å²) in [5.74, 6) is 0. The van der Waals surface area contributed by atoms with Gasteiger partial charge in [-0.2, -0.15) is 5.10 Å². The molecule has 0 aliphatic carbocycles. The lowest BCUT2D eigenvalue weighted by molar-refractivity contribution is 1.09. The Morgan fingerprint density at radius 2 is 1.53 bits per heavy atom. The number of aryl methyl sites for hydroxylation is 2. The van der Waals surface area contributed by atoms with E-state index in [1.165, 1.54) is 16.7 Å². The molecule has 0 saturated heterocycles. The third kappa shape index (κ3) is 4.43. The summed E-state index contributed by atoms with van der Waals surface area (Å²) in [6, 6.07) is 8.38. The van der Waals surface area contributed by atoms with Gasteiger partial charge in [0.2, 0.25) is 0 Å². The molecule has 2 heteroatoms. The van der Waals surface area contributed by atoms with Crippen LogP contribution < -0.4 is 0 Å². The number of aromatic amines is 1. The van der Waals surface area contributed by atoms with Crippen LogP contribution in [0.15, 0.2) is 30.5 Å². The van der Waals surface area contributed by atoms with Gasteiger partial charge in [-0.25, -0.2) is 0 Å². The highest BCUT2D eigenvalue weighted by Gasteiger charge is 1.99. The summed E-state index contributed by atoms with van der Waals surface area (Å²) >= 11 is 0. The van der Waals surface area contributed by atoms with Crippen LogP contribution in [-0.2, 0) is 0 Å². The molecule has 0 amide bonds. The van der Waals surface area contributed by atoms with Gasteiger partial charge in [0.15, 0.2) is 0 Å². The van der Waals surface area contributed by atoms with E-state index in [0.29, 0.717) is 0 Å². The Kier molecular flexibility index (Phi) is 7.78. The first-order valence-electron chi connectivity index (χ1n) is 6.34. The number of H-pyrrole nitrogens is 1. The minimum Gasteiger partial charge on any atom is -0.278 e. The number of aromatic nitrogens is 2. The van der Waals surface area contributed by atoms with Crippen molar-refractivity contribution in [1.29, 1.82) is 0 Å². The van der Waals surface area contributed by atoms with Crippen molar-refractivity contribution in [2.75, 3.05) is 0 Å². The smallest absolute Gasteiger partial charge is 0.0650 e. The average Bonchev–Trinajstić information content (AvgIpc) is 2.91. The summed E-state index contributed by atoms with van der Waals surface area (Å²) < 4.78 is 0. The fourth-order valence-electron chi connectivity index (χ4n) is 1.33. The first-order chi connectivity index (χ1) is 8.27. The van der Waals surface area contributed by atoms with Crippen molar-refractivity contribution in [2.24, 2.45) is 0 Å². The minimum atomic E-state index is 1.07. The van der Waals surface area contributed by atoms with E-state index in [4.69, 9.17) is 0 Å². The summed E-state index contributed by atoms with van der Waals surface area (Å²) in [6.45, 7) is 12.2. The molecule has 1 N–H and O–H groups in total. The number of nitrogens with zero attached hydrogens (tertiary/aromatic N) is 1. The van der Waals surface area contributed by atoms with Crippen LogP contribution in [0, 0.1) is 13.8 Å². The molecule has 0 atom stereocenters. The molecule has 17 heavy (non-hydrogen) atoms. The number of benzene rings is 1. The summed E-state index contributed by atoms with van der Waals surface area (Å²) in [6.07, 6.45) is 1.77. The van der Waals surface area contributed by atoms with Crippen molar-refractivity contribution in [2.45, 2.75) is 41.5 Å². The fraction of sp³-hybridized carbons (Fsp3) is 0.400. The van der Waals surface area contributed by atoms with Gasteiger partial charge in [0, 0.05) is 6.20 Å². The van der Waals surface area contributed by atoms with Crippen LogP contribution in [0.3, 0.4) is 0 Å². The zero-order chi connectivity index (χ0) is 13.3. The molecule has 0 aliphatic rings. The predicted octanol–water partition coefficient (Wildman–Crippen LogP) is 4.75. The van der Waals surface area contributed by atoms with Crippen LogP contribution in [0.4, 0.5) is 0 Å². The van der Waals surface area contributed by atoms with Crippen LogP contribution in [0.2, 0.25) is 0 Å². The molecule has 2 nitrogen and oxygen atoms in total. The van der Waals surface area contributed by atoms with Gasteiger partial charge in [-0.3, -0.25) is 5.10 Å². The van der Waals surface area contributed by atoms with Gasteiger partial charge in [0.1, 0.15) is 0 Å². The van der Waals surface area contributed by atoms with Crippen LogP contribution in [0.25, 0.3) is 11.3 Å². The van der Waals surface area contributed by atoms with Crippen LogP contribution in [0.1, 0.15) is 38.8 Å². The highest BCUT2D eigenvalue weighted by atomic mass is 15.1. The molecule has 0 bridgehead atoms. The minimum absolute atomic E-state index is 1.07. The normalized spacial score (nSPS) is 8.59. The lowest BCUT2D eigenvalue weighted by Gasteiger charge is -2.02. The summed E-state index contributed by atoms with van der Waals surface area (Å²) in [4.78, 5) is 0. The van der Waals surface area contributed by atoms with Gasteiger partial charge in [0.05, 0.1) is 5.69 Å². The Labute approximate surface area is 105 Å². The number of hydrogen-bond acceptors (Lipinski definition) is 1. The van der Waals surface area contributed by atoms with Crippen LogP contribution in [0.5, 0.6) is 0 Å². The van der Waals surface area contributed by atoms with Gasteiger partial charge < -0.3 is 0 Å². The summed E-state index contributed by atoms with van der Waals surface area (Å²) in [7, 11) is 0. The van der Waals surface area contributed by atoms with Gasteiger partial charge >= 0.3 is 0 Å². The van der Waals surface area contributed by atoms with E-state index in [2.05, 4.69) is 42.2 Å². The Hall–Kier alpha value is -1.57. The molecule has 2 rings (SSSR count). The second-order valence-corrected chi connectivity index (χ2v) is 3.27. The molecular weight excluding hydrogens is 208 g/mol. The molecule has 0 saturated carbocycles. The maximum Gasteiger partial charge on any atom is 0.0650 e. The molecule has 1 aromatic carbocycles. The second kappa shape index (κ2) is 8.57. The highest BCUT2D eigenvalue weighted by molar-refractivity contribution is 5.60. The largest absolute Gasteiger partial charge is 0.278 e. The highest BCUT2D eigenvalue weighted by Crippen LogP contribution is 2.19. The second-order valence-electron chi connectivity index (χ2n) is 3.27. The molecule has 0 spiro atoms. The molecule has 94 valence electrons. The summed E-state index contributed by atoms with van der Waals surface area (Å²) in [5, 5.41) is 6.88. The Morgan fingerprint density at radius 1 is 0.882 bits per heavy atom. The molecule has 0 aliphatic heterocycles. The topological polar surface area (TPSA) is 28.7 Å². The first kappa shape index (κ1) is 15.4. The van der Waals surface area contributed by atoms with E-state index in [0.717, 1.165) is 5.69 Å². The zero-order valence-electron chi connectivity index (χ0n) is 11.8. The Balaban J connectivity index is 0.000000581. The summed E-state index contributed by atoms with van der Waals surface area (Å²) in [5.41, 5.74) is 4.90. The average molecular weight is 232 g/mol. The van der Waals surface area contributed by atoms with Crippen molar-refractivity contribution in [3.05, 3.63) is 41.6 Å². The van der Waals surface area contributed by atoms with Crippen molar-refractivity contribution in [3.63, 3.8) is 0 Å². The zero-order valence-corrected chi connectivity index (χ0v) is 11.8. The van der Waals surface area contributed by atoms with E-state index >= 15 is 0 Å². The van der Waals surface area contributed by atoms with Gasteiger partial charge in [-0.05, 0) is 42.7 Å². The van der Waals surface area contributed by atoms with E-state index in [-0.39, 0.29) is 0 Å². The monoisotopic (exact) mass is 232 g/mol. The van der Waals surface area contributed by atoms with Gasteiger partial charge in [-0.15, -0.1) is 0 Å². The molecule has 1 heterocycles. The number of rotatable bonds is 1. The molecule has 0 radical (unpaired) electrons. The van der Waals surface area contributed by atoms with Crippen molar-refractivity contribution in [1.82, 2.24) is 10.2 Å². The Bertz CT molecular complexity index is 403. The lowest BCUT2D eigenvalue weighted by atomic mass is 10.0. The SMILES string of the molecule is CC.CC.Cc1ccc(-c2ccn[nH]2)cc1C. The van der Waals surface area contributed by atoms with E-state index in [1.807, 2.05) is 33.8 Å². The van der Waals surface area contributed by atoms with E-state index in [9.17, 15) is 0 Å².